The van der Waals surface area contributed by atoms with Gasteiger partial charge in [0.25, 0.3) is 0 Å². The van der Waals surface area contributed by atoms with Gasteiger partial charge in [0.05, 0.1) is 10.7 Å². The number of aromatic nitrogens is 2. The molecular formula is C12H14ClN3O3S. The van der Waals surface area contributed by atoms with Crippen molar-refractivity contribution in [1.82, 2.24) is 14.4 Å². The molecule has 0 aliphatic heterocycles. The van der Waals surface area contributed by atoms with E-state index in [2.05, 4.69) is 10.1 Å². The maximum atomic E-state index is 12.5. The molecule has 2 heterocycles. The zero-order chi connectivity index (χ0) is 14.9. The summed E-state index contributed by atoms with van der Waals surface area (Å²) in [5, 5.41) is 3.95. The van der Waals surface area contributed by atoms with E-state index in [0.29, 0.717) is 11.5 Å². The molecule has 0 atom stereocenters. The van der Waals surface area contributed by atoms with Gasteiger partial charge in [-0.1, -0.05) is 16.8 Å². The zero-order valence-electron chi connectivity index (χ0n) is 11.3. The number of aryl methyl sites for hydroxylation is 2. The van der Waals surface area contributed by atoms with E-state index in [9.17, 15) is 8.42 Å². The predicted octanol–water partition coefficient (Wildman–Crippen LogP) is 2.16. The molecule has 0 fully saturated rings. The molecule has 2 aromatic heterocycles. The van der Waals surface area contributed by atoms with Crippen molar-refractivity contribution in [2.24, 2.45) is 0 Å². The van der Waals surface area contributed by atoms with E-state index in [0.717, 1.165) is 5.56 Å². The van der Waals surface area contributed by atoms with Crippen molar-refractivity contribution in [3.63, 3.8) is 0 Å². The lowest BCUT2D eigenvalue weighted by Crippen LogP contribution is -2.27. The lowest BCUT2D eigenvalue weighted by atomic mass is 10.2. The molecule has 0 aliphatic rings. The van der Waals surface area contributed by atoms with Crippen molar-refractivity contribution in [3.05, 3.63) is 40.5 Å². The number of hydrogen-bond acceptors (Lipinski definition) is 5. The highest BCUT2D eigenvalue weighted by molar-refractivity contribution is 7.89. The summed E-state index contributed by atoms with van der Waals surface area (Å²) in [6.45, 7) is 3.67. The van der Waals surface area contributed by atoms with Gasteiger partial charge in [-0.3, -0.25) is 4.98 Å². The molecule has 20 heavy (non-hydrogen) atoms. The molecule has 0 bridgehead atoms. The van der Waals surface area contributed by atoms with Gasteiger partial charge in [-0.15, -0.1) is 0 Å². The van der Waals surface area contributed by atoms with E-state index >= 15 is 0 Å². The van der Waals surface area contributed by atoms with E-state index in [1.807, 2.05) is 0 Å². The average molecular weight is 316 g/mol. The van der Waals surface area contributed by atoms with Gasteiger partial charge in [-0.2, -0.15) is 4.31 Å². The van der Waals surface area contributed by atoms with Crippen molar-refractivity contribution in [1.29, 1.82) is 0 Å². The van der Waals surface area contributed by atoms with Crippen LogP contribution in [0.15, 0.2) is 27.9 Å². The lowest BCUT2D eigenvalue weighted by molar-refractivity contribution is 0.390. The Balaban J connectivity index is 2.34. The van der Waals surface area contributed by atoms with Crippen LogP contribution in [0.5, 0.6) is 0 Å². The van der Waals surface area contributed by atoms with Crippen LogP contribution in [0.1, 0.15) is 17.0 Å². The predicted molar refractivity (Wildman–Crippen MR) is 73.9 cm³/mol. The molecule has 2 aromatic rings. The molecular weight excluding hydrogens is 302 g/mol. The summed E-state index contributed by atoms with van der Waals surface area (Å²) in [4.78, 5) is 3.79. The monoisotopic (exact) mass is 315 g/mol. The summed E-state index contributed by atoms with van der Waals surface area (Å²) in [5.41, 5.74) is 1.41. The van der Waals surface area contributed by atoms with Crippen LogP contribution in [0.3, 0.4) is 0 Å². The molecule has 2 rings (SSSR count). The van der Waals surface area contributed by atoms with Gasteiger partial charge in [-0.25, -0.2) is 8.42 Å². The summed E-state index contributed by atoms with van der Waals surface area (Å²) >= 11 is 5.92. The standard InChI is InChI=1S/C12H14ClN3O3S/c1-8-10(9(2)19-15-8)7-16(3)20(17,18)12-6-14-5-4-11(12)13/h4-6H,7H2,1-3H3. The minimum Gasteiger partial charge on any atom is -0.361 e. The minimum atomic E-state index is -3.71. The molecule has 0 spiro atoms. The second kappa shape index (κ2) is 5.51. The van der Waals surface area contributed by atoms with Crippen molar-refractivity contribution in [2.45, 2.75) is 25.3 Å². The SMILES string of the molecule is Cc1noc(C)c1CN(C)S(=O)(=O)c1cnccc1Cl. The fourth-order valence-corrected chi connectivity index (χ4v) is 3.30. The molecule has 0 saturated carbocycles. The number of nitrogens with zero attached hydrogens (tertiary/aromatic N) is 3. The Hall–Kier alpha value is -1.44. The van der Waals surface area contributed by atoms with Crippen LogP contribution in [0, 0.1) is 13.8 Å². The smallest absolute Gasteiger partial charge is 0.246 e. The normalized spacial score (nSPS) is 12.1. The maximum Gasteiger partial charge on any atom is 0.246 e. The molecule has 0 radical (unpaired) electrons. The largest absolute Gasteiger partial charge is 0.361 e. The second-order valence-corrected chi connectivity index (χ2v) is 6.79. The minimum absolute atomic E-state index is 0.0177. The van der Waals surface area contributed by atoms with Gasteiger partial charge in [0.15, 0.2) is 0 Å². The zero-order valence-corrected chi connectivity index (χ0v) is 12.9. The van der Waals surface area contributed by atoms with Gasteiger partial charge < -0.3 is 4.52 Å². The number of hydrogen-bond donors (Lipinski definition) is 0. The van der Waals surface area contributed by atoms with E-state index in [1.165, 1.54) is 29.8 Å². The molecule has 6 nitrogen and oxygen atoms in total. The van der Waals surface area contributed by atoms with Gasteiger partial charge in [-0.05, 0) is 19.9 Å². The second-order valence-electron chi connectivity index (χ2n) is 4.37. The van der Waals surface area contributed by atoms with Gasteiger partial charge in [0.1, 0.15) is 10.7 Å². The van der Waals surface area contributed by atoms with E-state index in [4.69, 9.17) is 16.1 Å². The Kier molecular flexibility index (Phi) is 4.12. The molecule has 108 valence electrons. The topological polar surface area (TPSA) is 76.3 Å². The third-order valence-corrected chi connectivity index (χ3v) is 5.26. The Labute approximate surface area is 122 Å². The molecule has 0 amide bonds. The fourth-order valence-electron chi connectivity index (χ4n) is 1.76. The van der Waals surface area contributed by atoms with E-state index < -0.39 is 10.0 Å². The highest BCUT2D eigenvalue weighted by Crippen LogP contribution is 2.24. The quantitative estimate of drug-likeness (QED) is 0.864. The van der Waals surface area contributed by atoms with Crippen LogP contribution in [-0.2, 0) is 16.6 Å². The van der Waals surface area contributed by atoms with Gasteiger partial charge >= 0.3 is 0 Å². The van der Waals surface area contributed by atoms with Crippen LogP contribution in [0.2, 0.25) is 5.02 Å². The summed E-state index contributed by atoms with van der Waals surface area (Å²) < 4.78 is 31.1. The lowest BCUT2D eigenvalue weighted by Gasteiger charge is -2.17. The molecule has 0 saturated heterocycles. The summed E-state index contributed by atoms with van der Waals surface area (Å²) in [5.74, 6) is 0.599. The molecule has 0 aromatic carbocycles. The van der Waals surface area contributed by atoms with Crippen LogP contribution in [-0.4, -0.2) is 29.9 Å². The Morgan fingerprint density at radius 1 is 1.40 bits per heavy atom. The van der Waals surface area contributed by atoms with Gasteiger partial charge in [0, 0.05) is 31.5 Å². The summed E-state index contributed by atoms with van der Waals surface area (Å²) in [7, 11) is -2.23. The molecule has 0 unspecified atom stereocenters. The van der Waals surface area contributed by atoms with Crippen molar-refractivity contribution in [2.75, 3.05) is 7.05 Å². The van der Waals surface area contributed by atoms with Crippen LogP contribution in [0.25, 0.3) is 0 Å². The van der Waals surface area contributed by atoms with Crippen molar-refractivity contribution in [3.8, 4) is 0 Å². The maximum absolute atomic E-state index is 12.5. The van der Waals surface area contributed by atoms with E-state index in [1.54, 1.807) is 13.8 Å². The number of halogens is 1. The number of sulfonamides is 1. The summed E-state index contributed by atoms with van der Waals surface area (Å²) in [6, 6.07) is 1.44. The van der Waals surface area contributed by atoms with Crippen molar-refractivity contribution < 1.29 is 12.9 Å². The first-order valence-corrected chi connectivity index (χ1v) is 7.63. The van der Waals surface area contributed by atoms with Crippen molar-refractivity contribution >= 4 is 21.6 Å². The van der Waals surface area contributed by atoms with Crippen LogP contribution < -0.4 is 0 Å². The summed E-state index contributed by atoms with van der Waals surface area (Å²) in [6.07, 6.45) is 2.68. The first-order chi connectivity index (χ1) is 9.34. The molecule has 8 heteroatoms. The van der Waals surface area contributed by atoms with E-state index in [-0.39, 0.29) is 16.5 Å². The molecule has 0 aliphatic carbocycles. The first kappa shape index (κ1) is 15.0. The highest BCUT2D eigenvalue weighted by Gasteiger charge is 2.25. The fraction of sp³-hybridized carbons (Fsp3) is 0.333. The Morgan fingerprint density at radius 2 is 2.10 bits per heavy atom. The Bertz CT molecular complexity index is 708. The number of pyridine rings is 1. The molecule has 0 N–H and O–H groups in total. The number of rotatable bonds is 4. The average Bonchev–Trinajstić information content (AvgIpc) is 2.70. The van der Waals surface area contributed by atoms with Crippen LogP contribution >= 0.6 is 11.6 Å². The Morgan fingerprint density at radius 3 is 2.65 bits per heavy atom. The highest BCUT2D eigenvalue weighted by atomic mass is 35.5. The third kappa shape index (κ3) is 2.70. The van der Waals surface area contributed by atoms with Gasteiger partial charge in [0.2, 0.25) is 10.0 Å². The van der Waals surface area contributed by atoms with Crippen LogP contribution in [0.4, 0.5) is 0 Å². The first-order valence-electron chi connectivity index (χ1n) is 5.81. The third-order valence-electron chi connectivity index (χ3n) is 2.98.